The van der Waals surface area contributed by atoms with Gasteiger partial charge in [-0.1, -0.05) is 218 Å². The highest BCUT2D eigenvalue weighted by atomic mass is 31.2. The number of carbonyl (C=O) groups excluding carboxylic acids is 3. The van der Waals surface area contributed by atoms with Crippen LogP contribution in [0.5, 0.6) is 0 Å². The van der Waals surface area contributed by atoms with Crippen LogP contribution >= 0.6 is 7.82 Å². The van der Waals surface area contributed by atoms with E-state index in [0.29, 0.717) is 25.7 Å². The minimum absolute atomic E-state index is 0.0297. The van der Waals surface area contributed by atoms with Crippen molar-refractivity contribution in [2.45, 2.75) is 226 Å². The fourth-order valence-electron chi connectivity index (χ4n) is 7.35. The molecular formula is C66H105O11P. The summed E-state index contributed by atoms with van der Waals surface area (Å²) in [5, 5.41) is 9.83. The molecule has 0 saturated heterocycles. The smallest absolute Gasteiger partial charge is 0.462 e. The SMILES string of the molecule is CC/C=C\C/C=C\C/C=C\C/C=C\C/C=C\C/C=C\CCC(=O)OC(COC(=O)CCCCCCC/C=C\C/C=C\C/C=C\CC)COP(=O)(O)OCC(CO)OC(=O)CCCCCCCCC/C=C\C/C=C\C/C=C\CC. The minimum Gasteiger partial charge on any atom is -0.462 e. The number of esters is 3. The number of unbranched alkanes of at least 4 members (excludes halogenated alkanes) is 12. The van der Waals surface area contributed by atoms with Gasteiger partial charge in [-0.3, -0.25) is 23.4 Å². The Balaban J connectivity index is 4.86. The summed E-state index contributed by atoms with van der Waals surface area (Å²) in [6.07, 6.45) is 75.3. The Labute approximate surface area is 473 Å². The van der Waals surface area contributed by atoms with Gasteiger partial charge in [0.2, 0.25) is 0 Å². The van der Waals surface area contributed by atoms with E-state index in [0.717, 1.165) is 141 Å². The molecule has 0 aromatic heterocycles. The third-order valence-electron chi connectivity index (χ3n) is 11.8. The largest absolute Gasteiger partial charge is 0.472 e. The van der Waals surface area contributed by atoms with E-state index in [1.54, 1.807) is 0 Å². The third-order valence-corrected chi connectivity index (χ3v) is 12.7. The predicted octanol–water partition coefficient (Wildman–Crippen LogP) is 17.9. The molecule has 2 N–H and O–H groups in total. The maximum absolute atomic E-state index is 12.9. The standard InChI is InChI=1S/C66H105O11P/c1-4-7-10-13-16-19-22-25-28-30-31-33-36-39-42-45-48-51-54-57-66(70)77-63(59-73-64(68)55-52-49-46-43-40-37-34-27-24-21-18-15-12-9-6-3)61-75-78(71,72)74-60-62(58-67)76-65(69)56-53-50-47-44-41-38-35-32-29-26-23-20-17-14-11-8-5-2/h7-12,16-21,25-29,31,33-34,39,42,48,51,62-63,67H,4-6,13-15,22-24,30,32,35-38,40-41,43-47,49-50,52-61H2,1-3H3,(H,71,72)/b10-7-,11-8-,12-9-,19-16-,20-17-,21-18-,28-25-,29-26-,33-31-,34-27-,42-39-,51-48-. The van der Waals surface area contributed by atoms with Crippen molar-refractivity contribution < 1.29 is 52.2 Å². The lowest BCUT2D eigenvalue weighted by Gasteiger charge is -2.21. The highest BCUT2D eigenvalue weighted by Gasteiger charge is 2.28. The van der Waals surface area contributed by atoms with Gasteiger partial charge in [0.1, 0.15) is 12.7 Å². The average Bonchev–Trinajstić information content (AvgIpc) is 3.43. The zero-order valence-corrected chi connectivity index (χ0v) is 49.5. The summed E-state index contributed by atoms with van der Waals surface area (Å²) in [7, 11) is -4.79. The number of ether oxygens (including phenoxy) is 3. The van der Waals surface area contributed by atoms with Crippen molar-refractivity contribution in [3.05, 3.63) is 146 Å². The summed E-state index contributed by atoms with van der Waals surface area (Å²) in [6, 6.07) is 0. The molecule has 11 nitrogen and oxygen atoms in total. The van der Waals surface area contributed by atoms with Crippen LogP contribution in [0.1, 0.15) is 213 Å². The first kappa shape index (κ1) is 73.4. The second kappa shape index (κ2) is 58.5. The van der Waals surface area contributed by atoms with Crippen LogP contribution in [-0.4, -0.2) is 66.5 Å². The monoisotopic (exact) mass is 1100 g/mol. The molecule has 0 radical (unpaired) electrons. The molecule has 0 fully saturated rings. The van der Waals surface area contributed by atoms with Crippen molar-refractivity contribution in [2.24, 2.45) is 0 Å². The average molecular weight is 1110 g/mol. The number of aliphatic hydroxyl groups is 1. The lowest BCUT2D eigenvalue weighted by atomic mass is 10.1. The Hall–Kier alpha value is -4.64. The quantitative estimate of drug-likeness (QED) is 0.0197. The highest BCUT2D eigenvalue weighted by molar-refractivity contribution is 7.47. The molecule has 0 saturated carbocycles. The highest BCUT2D eigenvalue weighted by Crippen LogP contribution is 2.43. The zero-order valence-electron chi connectivity index (χ0n) is 48.6. The van der Waals surface area contributed by atoms with Crippen molar-refractivity contribution in [3.63, 3.8) is 0 Å². The molecule has 0 rings (SSSR count). The molecule has 440 valence electrons. The van der Waals surface area contributed by atoms with Gasteiger partial charge in [-0.05, 0) is 122 Å². The summed E-state index contributed by atoms with van der Waals surface area (Å²) in [5.74, 6) is -1.61. The van der Waals surface area contributed by atoms with Gasteiger partial charge in [-0.15, -0.1) is 0 Å². The van der Waals surface area contributed by atoms with Gasteiger partial charge in [0.25, 0.3) is 0 Å². The van der Waals surface area contributed by atoms with E-state index in [-0.39, 0.29) is 25.9 Å². The lowest BCUT2D eigenvalue weighted by Crippen LogP contribution is -2.30. The van der Waals surface area contributed by atoms with E-state index in [4.69, 9.17) is 23.3 Å². The fourth-order valence-corrected chi connectivity index (χ4v) is 8.13. The molecule has 12 heteroatoms. The van der Waals surface area contributed by atoms with Crippen LogP contribution in [0.3, 0.4) is 0 Å². The van der Waals surface area contributed by atoms with E-state index in [2.05, 4.69) is 154 Å². The van der Waals surface area contributed by atoms with Crippen LogP contribution in [0.15, 0.2) is 146 Å². The summed E-state index contributed by atoms with van der Waals surface area (Å²) in [5.41, 5.74) is 0. The Morgan fingerprint density at radius 1 is 0.359 bits per heavy atom. The van der Waals surface area contributed by atoms with Gasteiger partial charge in [0.05, 0.1) is 19.8 Å². The summed E-state index contributed by atoms with van der Waals surface area (Å²) in [4.78, 5) is 48.6. The summed E-state index contributed by atoms with van der Waals surface area (Å²) >= 11 is 0. The molecule has 0 aliphatic rings. The Bertz CT molecular complexity index is 1860. The molecule has 3 unspecified atom stereocenters. The topological polar surface area (TPSA) is 155 Å². The first-order valence-electron chi connectivity index (χ1n) is 29.7. The number of phosphoric ester groups is 1. The van der Waals surface area contributed by atoms with Crippen molar-refractivity contribution in [1.29, 1.82) is 0 Å². The molecule has 0 aromatic carbocycles. The van der Waals surface area contributed by atoms with E-state index in [1.165, 1.54) is 6.42 Å². The van der Waals surface area contributed by atoms with Gasteiger partial charge in [0, 0.05) is 19.3 Å². The van der Waals surface area contributed by atoms with Crippen LogP contribution in [0.4, 0.5) is 0 Å². The van der Waals surface area contributed by atoms with Crippen LogP contribution in [-0.2, 0) is 42.2 Å². The molecule has 0 amide bonds. The number of rotatable bonds is 53. The zero-order chi connectivity index (χ0) is 56.9. The molecule has 0 aliphatic carbocycles. The number of phosphoric acid groups is 1. The number of hydrogen-bond donors (Lipinski definition) is 2. The first-order chi connectivity index (χ1) is 38.2. The Kier molecular flexibility index (Phi) is 55.0. The van der Waals surface area contributed by atoms with E-state index < -0.39 is 57.8 Å². The molecule has 0 spiro atoms. The number of aliphatic hydroxyl groups excluding tert-OH is 1. The fraction of sp³-hybridized carbons (Fsp3) is 0.591. The molecule has 3 atom stereocenters. The van der Waals surface area contributed by atoms with Crippen molar-refractivity contribution >= 4 is 25.7 Å². The number of hydrogen-bond acceptors (Lipinski definition) is 10. The molecule has 0 heterocycles. The molecule has 0 aliphatic heterocycles. The van der Waals surface area contributed by atoms with Crippen LogP contribution in [0, 0.1) is 0 Å². The Morgan fingerprint density at radius 2 is 0.654 bits per heavy atom. The van der Waals surface area contributed by atoms with E-state index in [1.807, 2.05) is 12.2 Å². The lowest BCUT2D eigenvalue weighted by molar-refractivity contribution is -0.161. The number of carbonyl (C=O) groups is 3. The van der Waals surface area contributed by atoms with Gasteiger partial charge in [-0.25, -0.2) is 4.57 Å². The second-order valence-electron chi connectivity index (χ2n) is 19.0. The Morgan fingerprint density at radius 3 is 1.04 bits per heavy atom. The molecule has 0 bridgehead atoms. The van der Waals surface area contributed by atoms with Crippen LogP contribution in [0.2, 0.25) is 0 Å². The van der Waals surface area contributed by atoms with E-state index >= 15 is 0 Å². The van der Waals surface area contributed by atoms with Gasteiger partial charge < -0.3 is 24.2 Å². The van der Waals surface area contributed by atoms with Crippen LogP contribution < -0.4 is 0 Å². The maximum Gasteiger partial charge on any atom is 0.472 e. The van der Waals surface area contributed by atoms with Gasteiger partial charge >= 0.3 is 25.7 Å². The van der Waals surface area contributed by atoms with Crippen molar-refractivity contribution in [2.75, 3.05) is 26.4 Å². The van der Waals surface area contributed by atoms with Crippen molar-refractivity contribution in [3.8, 4) is 0 Å². The number of allylic oxidation sites excluding steroid dienone is 24. The predicted molar refractivity (Wildman–Crippen MR) is 325 cm³/mol. The van der Waals surface area contributed by atoms with E-state index in [9.17, 15) is 28.9 Å². The maximum atomic E-state index is 12.9. The first-order valence-corrected chi connectivity index (χ1v) is 31.2. The molecule has 0 aromatic rings. The van der Waals surface area contributed by atoms with Crippen molar-refractivity contribution in [1.82, 2.24) is 0 Å². The van der Waals surface area contributed by atoms with Crippen LogP contribution in [0.25, 0.3) is 0 Å². The second-order valence-corrected chi connectivity index (χ2v) is 20.5. The molecular weight excluding hydrogens is 1000 g/mol. The third kappa shape index (κ3) is 56.1. The van der Waals surface area contributed by atoms with Gasteiger partial charge in [-0.2, -0.15) is 0 Å². The summed E-state index contributed by atoms with van der Waals surface area (Å²) < 4.78 is 39.5. The minimum atomic E-state index is -4.79. The normalized spacial score (nSPS) is 14.4. The van der Waals surface area contributed by atoms with Gasteiger partial charge in [0.15, 0.2) is 6.10 Å². The summed E-state index contributed by atoms with van der Waals surface area (Å²) in [6.45, 7) is 4.18. The molecule has 78 heavy (non-hydrogen) atoms.